The Morgan fingerprint density at radius 3 is 2.70 bits per heavy atom. The summed E-state index contributed by atoms with van der Waals surface area (Å²) in [6.45, 7) is 2.61. The maximum absolute atomic E-state index is 12.1. The summed E-state index contributed by atoms with van der Waals surface area (Å²) < 4.78 is 0. The molecule has 2 heterocycles. The molecule has 0 bridgehead atoms. The van der Waals surface area contributed by atoms with Gasteiger partial charge in [0.2, 0.25) is 5.91 Å². The summed E-state index contributed by atoms with van der Waals surface area (Å²) in [6.07, 6.45) is 2.93. The summed E-state index contributed by atoms with van der Waals surface area (Å²) in [5.41, 5.74) is 6.64. The van der Waals surface area contributed by atoms with Gasteiger partial charge in [-0.1, -0.05) is 0 Å². The van der Waals surface area contributed by atoms with Crippen LogP contribution >= 0.6 is 36.2 Å². The fourth-order valence-corrected chi connectivity index (χ4v) is 3.89. The molecule has 0 radical (unpaired) electrons. The molecular formula is C14H24Cl2N4O2S. The van der Waals surface area contributed by atoms with Gasteiger partial charge in [-0.25, -0.2) is 4.98 Å². The van der Waals surface area contributed by atoms with Crippen molar-refractivity contribution in [1.82, 2.24) is 10.3 Å². The van der Waals surface area contributed by atoms with Crippen LogP contribution in [0.15, 0.2) is 5.38 Å². The molecule has 1 aliphatic carbocycles. The Labute approximate surface area is 152 Å². The maximum Gasteiger partial charge on any atom is 0.223 e. The number of nitrogens with one attached hydrogen (secondary N) is 1. The minimum Gasteiger partial charge on any atom is -0.391 e. The third-order valence-electron chi connectivity index (χ3n) is 4.31. The highest BCUT2D eigenvalue weighted by atomic mass is 35.5. The highest BCUT2D eigenvalue weighted by Gasteiger charge is 2.34. The quantitative estimate of drug-likeness (QED) is 0.729. The van der Waals surface area contributed by atoms with Crippen LogP contribution in [0.25, 0.3) is 0 Å². The predicted octanol–water partition coefficient (Wildman–Crippen LogP) is 1.30. The number of carbonyl (C=O) groups is 1. The lowest BCUT2D eigenvalue weighted by atomic mass is 10.1. The summed E-state index contributed by atoms with van der Waals surface area (Å²) in [5, 5.41) is 15.6. The molecule has 6 nitrogen and oxygen atoms in total. The van der Waals surface area contributed by atoms with Crippen LogP contribution in [0.2, 0.25) is 0 Å². The molecule has 1 aliphatic heterocycles. The molecule has 4 N–H and O–H groups in total. The van der Waals surface area contributed by atoms with Crippen LogP contribution in [-0.2, 0) is 11.3 Å². The number of amides is 1. The van der Waals surface area contributed by atoms with Crippen molar-refractivity contribution in [2.45, 2.75) is 44.4 Å². The molecule has 1 saturated heterocycles. The molecule has 0 unspecified atom stereocenters. The molecular weight excluding hydrogens is 359 g/mol. The first-order valence-electron chi connectivity index (χ1n) is 7.54. The van der Waals surface area contributed by atoms with Gasteiger partial charge in [-0.2, -0.15) is 0 Å². The van der Waals surface area contributed by atoms with E-state index >= 15 is 0 Å². The molecule has 1 aromatic rings. The lowest BCUT2D eigenvalue weighted by molar-refractivity contribution is -0.125. The molecule has 1 aromatic heterocycles. The first-order chi connectivity index (χ1) is 10.1. The van der Waals surface area contributed by atoms with Crippen molar-refractivity contribution in [3.63, 3.8) is 0 Å². The Hall–Kier alpha value is -0.600. The van der Waals surface area contributed by atoms with E-state index in [-0.39, 0.29) is 42.7 Å². The van der Waals surface area contributed by atoms with Crippen molar-refractivity contribution < 1.29 is 9.90 Å². The third-order valence-corrected chi connectivity index (χ3v) is 5.26. The zero-order valence-electron chi connectivity index (χ0n) is 12.8. The molecule has 0 aromatic carbocycles. The van der Waals surface area contributed by atoms with Crippen LogP contribution in [-0.4, -0.2) is 41.2 Å². The molecule has 3 atom stereocenters. The highest BCUT2D eigenvalue weighted by Crippen LogP contribution is 2.26. The second-order valence-electron chi connectivity index (χ2n) is 5.93. The van der Waals surface area contributed by atoms with Gasteiger partial charge in [0.25, 0.3) is 0 Å². The van der Waals surface area contributed by atoms with E-state index in [1.165, 1.54) is 12.8 Å². The molecule has 1 amide bonds. The lowest BCUT2D eigenvalue weighted by Crippen LogP contribution is -2.30. The SMILES string of the molecule is Cl.Cl.N[C@@H]1C[C@H](C(=O)NCc2csc(N3CCCC3)n2)C[C@H]1O. The number of aromatic nitrogens is 1. The fraction of sp³-hybridized carbons (Fsp3) is 0.714. The minimum atomic E-state index is -0.554. The number of rotatable bonds is 4. The van der Waals surface area contributed by atoms with E-state index in [4.69, 9.17) is 5.73 Å². The number of hydrogen-bond acceptors (Lipinski definition) is 6. The average molecular weight is 383 g/mol. The van der Waals surface area contributed by atoms with Gasteiger partial charge in [0.15, 0.2) is 5.13 Å². The Morgan fingerprint density at radius 1 is 1.39 bits per heavy atom. The number of aliphatic hydroxyl groups is 1. The number of hydrogen-bond donors (Lipinski definition) is 3. The van der Waals surface area contributed by atoms with E-state index in [9.17, 15) is 9.90 Å². The van der Waals surface area contributed by atoms with Gasteiger partial charge in [-0.15, -0.1) is 36.2 Å². The number of anilines is 1. The van der Waals surface area contributed by atoms with Crippen molar-refractivity contribution in [2.24, 2.45) is 11.7 Å². The van der Waals surface area contributed by atoms with Crippen LogP contribution in [0.3, 0.4) is 0 Å². The summed E-state index contributed by atoms with van der Waals surface area (Å²) in [6, 6.07) is -0.276. The summed E-state index contributed by atoms with van der Waals surface area (Å²) >= 11 is 1.64. The van der Waals surface area contributed by atoms with E-state index in [0.717, 1.165) is 23.9 Å². The standard InChI is InChI=1S/C14H22N4O2S.2ClH/c15-11-5-9(6-12(11)19)13(20)16-7-10-8-21-14(17-10)18-3-1-2-4-18;;/h8-9,11-12,19H,1-7,15H2,(H,16,20);2*1H/t9-,11+,12+;;/m0../s1. The number of nitrogens with zero attached hydrogens (tertiary/aromatic N) is 2. The first kappa shape index (κ1) is 20.4. The van der Waals surface area contributed by atoms with Gasteiger partial charge >= 0.3 is 0 Å². The van der Waals surface area contributed by atoms with Gasteiger partial charge in [0.1, 0.15) is 0 Å². The summed E-state index contributed by atoms with van der Waals surface area (Å²) in [7, 11) is 0. The highest BCUT2D eigenvalue weighted by molar-refractivity contribution is 7.13. The monoisotopic (exact) mass is 382 g/mol. The van der Waals surface area contributed by atoms with Crippen molar-refractivity contribution in [3.8, 4) is 0 Å². The molecule has 3 rings (SSSR count). The smallest absolute Gasteiger partial charge is 0.223 e. The molecule has 132 valence electrons. The van der Waals surface area contributed by atoms with Crippen LogP contribution in [0.4, 0.5) is 5.13 Å². The summed E-state index contributed by atoms with van der Waals surface area (Å²) in [5.74, 6) is -0.204. The molecule has 23 heavy (non-hydrogen) atoms. The first-order valence-corrected chi connectivity index (χ1v) is 8.42. The van der Waals surface area contributed by atoms with Gasteiger partial charge in [-0.3, -0.25) is 4.79 Å². The van der Waals surface area contributed by atoms with E-state index in [1.54, 1.807) is 11.3 Å². The number of halogens is 2. The summed E-state index contributed by atoms with van der Waals surface area (Å²) in [4.78, 5) is 18.9. The zero-order chi connectivity index (χ0) is 14.8. The molecule has 2 aliphatic rings. The Kier molecular flexibility index (Phi) is 8.03. The van der Waals surface area contributed by atoms with Crippen molar-refractivity contribution >= 4 is 47.2 Å². The normalized spacial score (nSPS) is 26.5. The second-order valence-corrected chi connectivity index (χ2v) is 6.77. The van der Waals surface area contributed by atoms with E-state index in [1.807, 2.05) is 5.38 Å². The molecule has 9 heteroatoms. The van der Waals surface area contributed by atoms with E-state index < -0.39 is 6.10 Å². The largest absolute Gasteiger partial charge is 0.391 e. The van der Waals surface area contributed by atoms with Gasteiger partial charge < -0.3 is 21.1 Å². The van der Waals surface area contributed by atoms with Gasteiger partial charge in [0.05, 0.1) is 18.3 Å². The Bertz CT molecular complexity index is 501. The van der Waals surface area contributed by atoms with Crippen LogP contribution in [0, 0.1) is 5.92 Å². The van der Waals surface area contributed by atoms with Crippen LogP contribution in [0.1, 0.15) is 31.4 Å². The van der Waals surface area contributed by atoms with Gasteiger partial charge in [-0.05, 0) is 25.7 Å². The van der Waals surface area contributed by atoms with Crippen molar-refractivity contribution in [1.29, 1.82) is 0 Å². The third kappa shape index (κ3) is 4.93. The maximum atomic E-state index is 12.1. The second kappa shape index (κ2) is 9.03. The minimum absolute atomic E-state index is 0. The Balaban J connectivity index is 0.00000132. The number of aliphatic hydroxyl groups excluding tert-OH is 1. The van der Waals surface area contributed by atoms with E-state index in [0.29, 0.717) is 19.4 Å². The lowest BCUT2D eigenvalue weighted by Gasteiger charge is -2.12. The predicted molar refractivity (Wildman–Crippen MR) is 96.6 cm³/mol. The Morgan fingerprint density at radius 2 is 2.09 bits per heavy atom. The van der Waals surface area contributed by atoms with Gasteiger partial charge in [0, 0.05) is 30.4 Å². The average Bonchev–Trinajstić information content (AvgIpc) is 3.17. The number of thiazole rings is 1. The number of carbonyl (C=O) groups excluding carboxylic acids is 1. The van der Waals surface area contributed by atoms with Crippen molar-refractivity contribution in [3.05, 3.63) is 11.1 Å². The number of nitrogens with two attached hydrogens (primary N) is 1. The topological polar surface area (TPSA) is 91.5 Å². The molecule has 0 spiro atoms. The molecule has 1 saturated carbocycles. The fourth-order valence-electron chi connectivity index (χ4n) is 3.02. The molecule has 2 fully saturated rings. The van der Waals surface area contributed by atoms with Crippen LogP contribution in [0.5, 0.6) is 0 Å². The van der Waals surface area contributed by atoms with Crippen LogP contribution < -0.4 is 16.0 Å². The zero-order valence-corrected chi connectivity index (χ0v) is 15.3. The van der Waals surface area contributed by atoms with E-state index in [2.05, 4.69) is 15.2 Å². The van der Waals surface area contributed by atoms with Crippen molar-refractivity contribution in [2.75, 3.05) is 18.0 Å².